The van der Waals surface area contributed by atoms with Crippen molar-refractivity contribution < 1.29 is 0 Å². The molecule has 0 spiro atoms. The largest absolute Gasteiger partial charge is 0.310 e. The number of hydrogen-bond acceptors (Lipinski definition) is 3. The standard InChI is InChI=1S/C54H35NS2/c1-3-10-36(11-4-1)38-18-22-40(23-19-38)42-26-30-44(31-27-42)55(45-32-28-43(29-33-45)41-24-20-39(21-25-41)37-12-5-2-6-13-37)48-15-9-17-50-52(48)53-51(56-50)35-34-47-46-14-7-8-16-49(46)57-54(47)53/h1-35H. The van der Waals surface area contributed by atoms with Gasteiger partial charge in [0.1, 0.15) is 0 Å². The minimum atomic E-state index is 1.12. The molecular weight excluding hydrogens is 727 g/mol. The Bertz CT molecular complexity index is 3050. The zero-order valence-corrected chi connectivity index (χ0v) is 32.6. The third kappa shape index (κ3) is 6.00. The number of hydrogen-bond donors (Lipinski definition) is 0. The second-order valence-corrected chi connectivity index (χ2v) is 16.6. The lowest BCUT2D eigenvalue weighted by Crippen LogP contribution is -2.10. The molecule has 1 nitrogen and oxygen atoms in total. The van der Waals surface area contributed by atoms with Crippen molar-refractivity contribution in [2.45, 2.75) is 0 Å². The Morgan fingerprint density at radius 2 is 0.684 bits per heavy atom. The van der Waals surface area contributed by atoms with Crippen LogP contribution in [0.25, 0.3) is 84.9 Å². The minimum absolute atomic E-state index is 1.12. The first-order chi connectivity index (χ1) is 28.2. The average Bonchev–Trinajstić information content (AvgIpc) is 3.87. The first kappa shape index (κ1) is 33.5. The van der Waals surface area contributed by atoms with E-state index in [1.807, 2.05) is 22.7 Å². The SMILES string of the molecule is c1ccc(-c2ccc(-c3ccc(N(c4ccc(-c5ccc(-c6ccccc6)cc5)cc4)c4cccc5sc6ccc7c8ccccc8sc7c6c45)cc3)cc2)cc1. The molecule has 268 valence electrons. The maximum atomic E-state index is 2.45. The van der Waals surface area contributed by atoms with Crippen LogP contribution in [0.4, 0.5) is 17.1 Å². The fourth-order valence-corrected chi connectivity index (χ4v) is 10.7. The number of anilines is 3. The summed E-state index contributed by atoms with van der Waals surface area (Å²) in [6.45, 7) is 0. The summed E-state index contributed by atoms with van der Waals surface area (Å²) in [5.41, 5.74) is 13.1. The van der Waals surface area contributed by atoms with Crippen molar-refractivity contribution in [3.05, 3.63) is 212 Å². The second kappa shape index (κ2) is 14.1. The van der Waals surface area contributed by atoms with E-state index >= 15 is 0 Å². The Morgan fingerprint density at radius 3 is 1.21 bits per heavy atom. The lowest BCUT2D eigenvalue weighted by molar-refractivity contribution is 1.30. The van der Waals surface area contributed by atoms with Crippen molar-refractivity contribution in [3.8, 4) is 44.5 Å². The summed E-state index contributed by atoms with van der Waals surface area (Å²) in [6.07, 6.45) is 0. The molecule has 0 fully saturated rings. The van der Waals surface area contributed by atoms with Gasteiger partial charge in [-0.3, -0.25) is 0 Å². The monoisotopic (exact) mass is 761 g/mol. The molecule has 0 saturated heterocycles. The summed E-state index contributed by atoms with van der Waals surface area (Å²) < 4.78 is 5.30. The van der Waals surface area contributed by atoms with Crippen LogP contribution in [0.2, 0.25) is 0 Å². The molecule has 57 heavy (non-hydrogen) atoms. The summed E-state index contributed by atoms with van der Waals surface area (Å²) in [7, 11) is 0. The number of rotatable bonds is 7. The van der Waals surface area contributed by atoms with E-state index in [9.17, 15) is 0 Å². The van der Waals surface area contributed by atoms with Gasteiger partial charge in [0.05, 0.1) is 5.69 Å². The maximum absolute atomic E-state index is 2.45. The zero-order chi connectivity index (χ0) is 37.7. The molecule has 0 radical (unpaired) electrons. The molecular formula is C54H35NS2. The van der Waals surface area contributed by atoms with E-state index < -0.39 is 0 Å². The van der Waals surface area contributed by atoms with Gasteiger partial charge in [-0.2, -0.15) is 0 Å². The van der Waals surface area contributed by atoms with Crippen molar-refractivity contribution >= 4 is 80.1 Å². The summed E-state index contributed by atoms with van der Waals surface area (Å²) in [5.74, 6) is 0. The minimum Gasteiger partial charge on any atom is -0.310 e. The molecule has 11 rings (SSSR count). The molecule has 0 bridgehead atoms. The van der Waals surface area contributed by atoms with Crippen LogP contribution >= 0.6 is 22.7 Å². The van der Waals surface area contributed by atoms with Gasteiger partial charge < -0.3 is 4.90 Å². The number of benzene rings is 9. The van der Waals surface area contributed by atoms with Crippen LogP contribution in [0.5, 0.6) is 0 Å². The first-order valence-electron chi connectivity index (χ1n) is 19.3. The molecule has 3 heteroatoms. The van der Waals surface area contributed by atoms with E-state index in [0.717, 1.165) is 11.4 Å². The topological polar surface area (TPSA) is 3.24 Å². The van der Waals surface area contributed by atoms with Gasteiger partial charge in [0.25, 0.3) is 0 Å². The number of thiophene rings is 2. The van der Waals surface area contributed by atoms with Gasteiger partial charge in [0.15, 0.2) is 0 Å². The predicted octanol–water partition coefficient (Wildman–Crippen LogP) is 16.6. The van der Waals surface area contributed by atoms with Crippen LogP contribution in [0, 0.1) is 0 Å². The highest BCUT2D eigenvalue weighted by molar-refractivity contribution is 7.29. The normalized spacial score (nSPS) is 11.5. The molecule has 0 N–H and O–H groups in total. The number of nitrogens with zero attached hydrogens (tertiary/aromatic N) is 1. The molecule has 9 aromatic carbocycles. The smallest absolute Gasteiger partial charge is 0.0555 e. The molecule has 2 heterocycles. The quantitative estimate of drug-likeness (QED) is 0.156. The molecule has 0 saturated carbocycles. The Kier molecular flexibility index (Phi) is 8.28. The van der Waals surface area contributed by atoms with E-state index in [1.54, 1.807) is 0 Å². The fraction of sp³-hybridized carbons (Fsp3) is 0. The Balaban J connectivity index is 1.03. The van der Waals surface area contributed by atoms with Gasteiger partial charge in [-0.05, 0) is 93.0 Å². The highest BCUT2D eigenvalue weighted by Gasteiger charge is 2.21. The molecule has 0 amide bonds. The molecule has 11 aromatic rings. The van der Waals surface area contributed by atoms with Crippen molar-refractivity contribution in [2.75, 3.05) is 4.90 Å². The lowest BCUT2D eigenvalue weighted by Gasteiger charge is -2.27. The van der Waals surface area contributed by atoms with E-state index in [-0.39, 0.29) is 0 Å². The summed E-state index contributed by atoms with van der Waals surface area (Å²) in [5, 5.41) is 5.30. The van der Waals surface area contributed by atoms with E-state index in [1.165, 1.54) is 90.5 Å². The lowest BCUT2D eigenvalue weighted by atomic mass is 9.99. The van der Waals surface area contributed by atoms with Crippen molar-refractivity contribution in [1.29, 1.82) is 0 Å². The molecule has 0 aliphatic heterocycles. The van der Waals surface area contributed by atoms with Gasteiger partial charge in [-0.25, -0.2) is 0 Å². The van der Waals surface area contributed by atoms with Gasteiger partial charge in [-0.1, -0.05) is 164 Å². The zero-order valence-electron chi connectivity index (χ0n) is 31.0. The maximum Gasteiger partial charge on any atom is 0.0555 e. The Hall–Kier alpha value is -6.78. The third-order valence-corrected chi connectivity index (χ3v) is 13.4. The van der Waals surface area contributed by atoms with Gasteiger partial charge in [0, 0.05) is 51.7 Å². The van der Waals surface area contributed by atoms with E-state index in [2.05, 4.69) is 217 Å². The van der Waals surface area contributed by atoms with Crippen LogP contribution in [-0.4, -0.2) is 0 Å². The molecule has 0 unspecified atom stereocenters. The Labute approximate surface area is 340 Å². The first-order valence-corrected chi connectivity index (χ1v) is 21.0. The molecule has 2 aromatic heterocycles. The summed E-state index contributed by atoms with van der Waals surface area (Å²) >= 11 is 3.80. The van der Waals surface area contributed by atoms with Gasteiger partial charge >= 0.3 is 0 Å². The molecule has 0 atom stereocenters. The highest BCUT2D eigenvalue weighted by atomic mass is 32.1. The highest BCUT2D eigenvalue weighted by Crippen LogP contribution is 2.49. The predicted molar refractivity (Wildman–Crippen MR) is 249 cm³/mol. The van der Waals surface area contributed by atoms with Crippen LogP contribution in [0.15, 0.2) is 212 Å². The van der Waals surface area contributed by atoms with Crippen LogP contribution < -0.4 is 4.90 Å². The molecule has 0 aliphatic carbocycles. The summed E-state index contributed by atoms with van der Waals surface area (Å²) in [6, 6.07) is 77.4. The van der Waals surface area contributed by atoms with E-state index in [0.29, 0.717) is 0 Å². The van der Waals surface area contributed by atoms with Crippen LogP contribution in [-0.2, 0) is 0 Å². The Morgan fingerprint density at radius 1 is 0.263 bits per heavy atom. The second-order valence-electron chi connectivity index (χ2n) is 14.5. The van der Waals surface area contributed by atoms with Crippen LogP contribution in [0.1, 0.15) is 0 Å². The van der Waals surface area contributed by atoms with Crippen molar-refractivity contribution in [2.24, 2.45) is 0 Å². The van der Waals surface area contributed by atoms with Gasteiger partial charge in [-0.15, -0.1) is 22.7 Å². The summed E-state index contributed by atoms with van der Waals surface area (Å²) in [4.78, 5) is 2.45. The van der Waals surface area contributed by atoms with Crippen molar-refractivity contribution in [1.82, 2.24) is 0 Å². The number of fused-ring (bicyclic) bond motifs is 7. The third-order valence-electron chi connectivity index (χ3n) is 11.1. The van der Waals surface area contributed by atoms with Crippen LogP contribution in [0.3, 0.4) is 0 Å². The van der Waals surface area contributed by atoms with Crippen molar-refractivity contribution in [3.63, 3.8) is 0 Å². The van der Waals surface area contributed by atoms with E-state index in [4.69, 9.17) is 0 Å². The average molecular weight is 762 g/mol. The fourth-order valence-electron chi connectivity index (χ4n) is 8.26. The molecule has 0 aliphatic rings. The van der Waals surface area contributed by atoms with Gasteiger partial charge in [0.2, 0.25) is 0 Å².